The summed E-state index contributed by atoms with van der Waals surface area (Å²) < 4.78 is 27.6. The summed E-state index contributed by atoms with van der Waals surface area (Å²) in [5.74, 6) is -0.736. The van der Waals surface area contributed by atoms with E-state index in [0.29, 0.717) is 0 Å². The van der Waals surface area contributed by atoms with Gasteiger partial charge in [0.2, 0.25) is 0 Å². The summed E-state index contributed by atoms with van der Waals surface area (Å²) >= 11 is 5.87. The van der Waals surface area contributed by atoms with Gasteiger partial charge in [0.1, 0.15) is 5.56 Å². The van der Waals surface area contributed by atoms with E-state index in [4.69, 9.17) is 22.1 Å². The molecule has 0 aliphatic heterocycles. The molecule has 0 heterocycles. The Balaban J connectivity index is 3.46. The van der Waals surface area contributed by atoms with E-state index < -0.39 is 15.8 Å². The van der Waals surface area contributed by atoms with Gasteiger partial charge < -0.3 is 10.5 Å². The predicted octanol–water partition coefficient (Wildman–Crippen LogP) is 1.50. The van der Waals surface area contributed by atoms with E-state index in [-0.39, 0.29) is 27.8 Å². The van der Waals surface area contributed by atoms with E-state index in [1.165, 1.54) is 12.1 Å². The van der Waals surface area contributed by atoms with Crippen molar-refractivity contribution in [2.45, 2.75) is 11.8 Å². The smallest absolute Gasteiger partial charge is 0.341 e. The summed E-state index contributed by atoms with van der Waals surface area (Å²) in [5, 5.41) is -0.203. The first-order valence-electron chi connectivity index (χ1n) is 4.74. The maximum absolute atomic E-state index is 11.6. The van der Waals surface area contributed by atoms with Gasteiger partial charge in [0, 0.05) is 11.9 Å². The van der Waals surface area contributed by atoms with Gasteiger partial charge in [0.15, 0.2) is 9.84 Å². The fourth-order valence-corrected chi connectivity index (χ4v) is 2.68. The number of rotatable bonds is 3. The number of sulfone groups is 1. The molecule has 0 saturated carbocycles. The number of carbonyl (C=O) groups is 1. The number of benzene rings is 1. The van der Waals surface area contributed by atoms with Gasteiger partial charge in [0.25, 0.3) is 0 Å². The number of hydrogen-bond donors (Lipinski definition) is 1. The quantitative estimate of drug-likeness (QED) is 0.668. The highest BCUT2D eigenvalue weighted by Crippen LogP contribution is 2.30. The molecule has 1 aromatic rings. The zero-order chi connectivity index (χ0) is 13.2. The summed E-state index contributed by atoms with van der Waals surface area (Å²) in [7, 11) is -3.52. The van der Waals surface area contributed by atoms with Crippen LogP contribution in [0.2, 0.25) is 5.02 Å². The summed E-state index contributed by atoms with van der Waals surface area (Å²) in [6, 6.07) is 2.57. The highest BCUT2D eigenvalue weighted by Gasteiger charge is 2.22. The largest absolute Gasteiger partial charge is 0.462 e. The van der Waals surface area contributed by atoms with Crippen LogP contribution < -0.4 is 5.73 Å². The van der Waals surface area contributed by atoms with E-state index in [9.17, 15) is 13.2 Å². The molecule has 0 aliphatic carbocycles. The van der Waals surface area contributed by atoms with Gasteiger partial charge in [-0.2, -0.15) is 0 Å². The molecule has 0 aliphatic rings. The average Bonchev–Trinajstić information content (AvgIpc) is 2.15. The van der Waals surface area contributed by atoms with Crippen LogP contribution in [-0.2, 0) is 14.6 Å². The molecule has 1 rings (SSSR count). The molecule has 17 heavy (non-hydrogen) atoms. The van der Waals surface area contributed by atoms with Crippen LogP contribution >= 0.6 is 11.6 Å². The topological polar surface area (TPSA) is 86.5 Å². The summed E-state index contributed by atoms with van der Waals surface area (Å²) in [6.45, 7) is 1.78. The minimum absolute atomic E-state index is 0.0841. The molecule has 1 aromatic carbocycles. The highest BCUT2D eigenvalue weighted by molar-refractivity contribution is 7.90. The lowest BCUT2D eigenvalue weighted by Crippen LogP contribution is -2.11. The first-order chi connectivity index (χ1) is 7.79. The van der Waals surface area contributed by atoms with Crippen LogP contribution in [0.1, 0.15) is 17.3 Å². The van der Waals surface area contributed by atoms with Crippen molar-refractivity contribution in [3.05, 3.63) is 22.7 Å². The lowest BCUT2D eigenvalue weighted by molar-refractivity contribution is 0.0527. The summed E-state index contributed by atoms with van der Waals surface area (Å²) in [6.07, 6.45) is 0.999. The van der Waals surface area contributed by atoms with E-state index >= 15 is 0 Å². The second-order valence-electron chi connectivity index (χ2n) is 3.33. The van der Waals surface area contributed by atoms with Crippen molar-refractivity contribution in [3.63, 3.8) is 0 Å². The number of nitrogens with two attached hydrogens (primary N) is 1. The van der Waals surface area contributed by atoms with Crippen molar-refractivity contribution in [1.82, 2.24) is 0 Å². The van der Waals surface area contributed by atoms with Crippen LogP contribution in [0.25, 0.3) is 0 Å². The van der Waals surface area contributed by atoms with Crippen molar-refractivity contribution in [2.75, 3.05) is 18.6 Å². The molecule has 0 unspecified atom stereocenters. The van der Waals surface area contributed by atoms with Gasteiger partial charge in [-0.3, -0.25) is 0 Å². The SMILES string of the molecule is CCOC(=O)c1c(N)ccc(S(C)(=O)=O)c1Cl. The van der Waals surface area contributed by atoms with Crippen molar-refractivity contribution in [1.29, 1.82) is 0 Å². The van der Waals surface area contributed by atoms with Crippen LogP contribution in [0.15, 0.2) is 17.0 Å². The Morgan fingerprint density at radius 1 is 1.47 bits per heavy atom. The van der Waals surface area contributed by atoms with E-state index in [2.05, 4.69) is 0 Å². The first-order valence-corrected chi connectivity index (χ1v) is 7.01. The van der Waals surface area contributed by atoms with Gasteiger partial charge in [-0.25, -0.2) is 13.2 Å². The molecule has 0 aromatic heterocycles. The Bertz CT molecular complexity index is 554. The van der Waals surface area contributed by atoms with Crippen LogP contribution in [0.4, 0.5) is 5.69 Å². The van der Waals surface area contributed by atoms with Gasteiger partial charge in [-0.15, -0.1) is 0 Å². The Morgan fingerprint density at radius 3 is 2.53 bits per heavy atom. The minimum atomic E-state index is -3.52. The fourth-order valence-electron chi connectivity index (χ4n) is 1.27. The molecule has 2 N–H and O–H groups in total. The minimum Gasteiger partial charge on any atom is -0.462 e. The average molecular weight is 278 g/mol. The lowest BCUT2D eigenvalue weighted by atomic mass is 10.2. The number of anilines is 1. The lowest BCUT2D eigenvalue weighted by Gasteiger charge is -2.10. The zero-order valence-corrected chi connectivity index (χ0v) is 10.9. The van der Waals surface area contributed by atoms with Crippen molar-refractivity contribution >= 4 is 33.1 Å². The molecule has 0 amide bonds. The summed E-state index contributed by atoms with van der Waals surface area (Å²) in [4.78, 5) is 11.4. The molecule has 0 saturated heterocycles. The van der Waals surface area contributed by atoms with Gasteiger partial charge in [0.05, 0.1) is 16.5 Å². The van der Waals surface area contributed by atoms with Crippen molar-refractivity contribution in [3.8, 4) is 0 Å². The van der Waals surface area contributed by atoms with Gasteiger partial charge in [-0.1, -0.05) is 11.6 Å². The molecule has 0 spiro atoms. The number of carbonyl (C=O) groups excluding carboxylic acids is 1. The fraction of sp³-hybridized carbons (Fsp3) is 0.300. The highest BCUT2D eigenvalue weighted by atomic mass is 35.5. The number of hydrogen-bond acceptors (Lipinski definition) is 5. The molecule has 5 nitrogen and oxygen atoms in total. The standard InChI is InChI=1S/C10H12ClNO4S/c1-3-16-10(13)8-6(12)4-5-7(9(8)11)17(2,14)15/h4-5H,3,12H2,1-2H3. The zero-order valence-electron chi connectivity index (χ0n) is 9.36. The molecule has 7 heteroatoms. The number of esters is 1. The van der Waals surface area contributed by atoms with E-state index in [1.807, 2.05) is 0 Å². The Morgan fingerprint density at radius 2 is 2.06 bits per heavy atom. The van der Waals surface area contributed by atoms with Crippen LogP contribution in [0.3, 0.4) is 0 Å². The van der Waals surface area contributed by atoms with Crippen LogP contribution in [0.5, 0.6) is 0 Å². The molecule has 0 bridgehead atoms. The van der Waals surface area contributed by atoms with E-state index in [0.717, 1.165) is 6.26 Å². The van der Waals surface area contributed by atoms with Crippen molar-refractivity contribution < 1.29 is 17.9 Å². The third kappa shape index (κ3) is 2.89. The summed E-state index contributed by atoms with van der Waals surface area (Å²) in [5.41, 5.74) is 5.55. The molecule has 0 radical (unpaired) electrons. The van der Waals surface area contributed by atoms with Crippen LogP contribution in [0, 0.1) is 0 Å². The molecular formula is C10H12ClNO4S. The van der Waals surface area contributed by atoms with Crippen LogP contribution in [-0.4, -0.2) is 27.2 Å². The number of nitrogen functional groups attached to an aromatic ring is 1. The molecule has 0 atom stereocenters. The first kappa shape index (κ1) is 13.8. The molecular weight excluding hydrogens is 266 g/mol. The Hall–Kier alpha value is -1.27. The number of halogens is 1. The maximum Gasteiger partial charge on any atom is 0.341 e. The number of ether oxygens (including phenoxy) is 1. The van der Waals surface area contributed by atoms with Gasteiger partial charge in [-0.05, 0) is 19.1 Å². The molecule has 0 fully saturated rings. The third-order valence-corrected chi connectivity index (χ3v) is 3.66. The second kappa shape index (κ2) is 4.93. The van der Waals surface area contributed by atoms with Gasteiger partial charge >= 0.3 is 5.97 Å². The predicted molar refractivity (Wildman–Crippen MR) is 64.9 cm³/mol. The third-order valence-electron chi connectivity index (χ3n) is 2.02. The Kier molecular flexibility index (Phi) is 4.00. The maximum atomic E-state index is 11.6. The monoisotopic (exact) mass is 277 g/mol. The normalized spacial score (nSPS) is 11.2. The second-order valence-corrected chi connectivity index (χ2v) is 5.70. The van der Waals surface area contributed by atoms with E-state index in [1.54, 1.807) is 6.92 Å². The van der Waals surface area contributed by atoms with Crippen molar-refractivity contribution in [2.24, 2.45) is 0 Å². The molecule has 94 valence electrons. The Labute approximate surface area is 104 Å².